The molecule has 0 aliphatic carbocycles. The van der Waals surface area contributed by atoms with E-state index >= 15 is 0 Å². The lowest BCUT2D eigenvalue weighted by Gasteiger charge is -2.27. The topological polar surface area (TPSA) is 62.3 Å². The Morgan fingerprint density at radius 2 is 1.91 bits per heavy atom. The molecule has 0 aromatic heterocycles. The van der Waals surface area contributed by atoms with Crippen molar-refractivity contribution in [1.82, 2.24) is 0 Å². The van der Waals surface area contributed by atoms with E-state index in [1.807, 2.05) is 0 Å². The fourth-order valence-corrected chi connectivity index (χ4v) is 2.28. The quantitative estimate of drug-likeness (QED) is 0.842. The summed E-state index contributed by atoms with van der Waals surface area (Å²) in [6.07, 6.45) is -13.0. The minimum Gasteiger partial charge on any atom is -0.343 e. The van der Waals surface area contributed by atoms with E-state index in [-0.39, 0.29) is 18.8 Å². The molecular formula is C13H11F6N3O. The Morgan fingerprint density at radius 3 is 2.39 bits per heavy atom. The number of ether oxygens (including phenoxy) is 1. The zero-order valence-corrected chi connectivity index (χ0v) is 11.4. The van der Waals surface area contributed by atoms with Crippen molar-refractivity contribution in [3.63, 3.8) is 0 Å². The number of nitrogens with zero attached hydrogens (tertiary/aromatic N) is 2. The Labute approximate surface area is 127 Å². The molecule has 2 N–H and O–H groups in total. The van der Waals surface area contributed by atoms with Crippen molar-refractivity contribution in [2.75, 3.05) is 18.0 Å². The molecule has 10 heteroatoms. The largest absolute Gasteiger partial charge is 0.433 e. The van der Waals surface area contributed by atoms with Crippen LogP contribution in [0.2, 0.25) is 0 Å². The molecule has 1 aliphatic heterocycles. The van der Waals surface area contributed by atoms with Gasteiger partial charge in [-0.2, -0.15) is 31.6 Å². The minimum absolute atomic E-state index is 0.203. The first-order valence-corrected chi connectivity index (χ1v) is 6.38. The Kier molecular flexibility index (Phi) is 4.45. The first kappa shape index (κ1) is 17.4. The van der Waals surface area contributed by atoms with Gasteiger partial charge in [0.2, 0.25) is 6.23 Å². The van der Waals surface area contributed by atoms with Gasteiger partial charge in [-0.1, -0.05) is 0 Å². The first-order valence-electron chi connectivity index (χ1n) is 6.38. The predicted molar refractivity (Wildman–Crippen MR) is 67.3 cm³/mol. The average molecular weight is 339 g/mol. The number of hydrogen-bond acceptors (Lipinski definition) is 4. The molecule has 1 aromatic rings. The van der Waals surface area contributed by atoms with Gasteiger partial charge in [-0.05, 0) is 18.2 Å². The standard InChI is InChI=1S/C13H11F6N3O/c14-12(15,16)10-3-8(2-1-7(10)4-20)22-6-9(5-21)23-11(22)13(17,18)19/h1-3,9,11H,5-6,21H2/t9-,11-/m1/s1. The summed E-state index contributed by atoms with van der Waals surface area (Å²) in [6, 6.07) is 3.74. The maximum atomic E-state index is 13.0. The maximum absolute atomic E-state index is 13.0. The van der Waals surface area contributed by atoms with Gasteiger partial charge in [0.25, 0.3) is 0 Å². The van der Waals surface area contributed by atoms with Crippen molar-refractivity contribution in [2.45, 2.75) is 24.7 Å². The van der Waals surface area contributed by atoms with Crippen molar-refractivity contribution in [3.05, 3.63) is 29.3 Å². The second-order valence-corrected chi connectivity index (χ2v) is 4.88. The van der Waals surface area contributed by atoms with Crippen LogP contribution in [-0.2, 0) is 10.9 Å². The highest BCUT2D eigenvalue weighted by molar-refractivity contribution is 5.56. The van der Waals surface area contributed by atoms with Gasteiger partial charge in [0.1, 0.15) is 0 Å². The molecule has 0 radical (unpaired) electrons. The summed E-state index contributed by atoms with van der Waals surface area (Å²) >= 11 is 0. The summed E-state index contributed by atoms with van der Waals surface area (Å²) in [4.78, 5) is 0.661. The molecule has 23 heavy (non-hydrogen) atoms. The smallest absolute Gasteiger partial charge is 0.343 e. The lowest BCUT2D eigenvalue weighted by Crippen LogP contribution is -2.42. The Balaban J connectivity index is 2.46. The molecule has 1 fully saturated rings. The summed E-state index contributed by atoms with van der Waals surface area (Å²) in [5, 5.41) is 8.71. The zero-order valence-electron chi connectivity index (χ0n) is 11.4. The van der Waals surface area contributed by atoms with Gasteiger partial charge in [-0.25, -0.2) is 0 Å². The molecular weight excluding hydrogens is 328 g/mol. The molecule has 0 bridgehead atoms. The average Bonchev–Trinajstić information content (AvgIpc) is 2.90. The van der Waals surface area contributed by atoms with E-state index in [1.165, 1.54) is 6.07 Å². The molecule has 0 spiro atoms. The number of benzene rings is 1. The van der Waals surface area contributed by atoms with Crippen molar-refractivity contribution >= 4 is 5.69 Å². The van der Waals surface area contributed by atoms with Gasteiger partial charge >= 0.3 is 12.4 Å². The molecule has 1 aliphatic rings. The van der Waals surface area contributed by atoms with Crippen LogP contribution in [0.4, 0.5) is 32.0 Å². The summed E-state index contributed by atoms with van der Waals surface area (Å²) in [5.41, 5.74) is 2.98. The van der Waals surface area contributed by atoms with E-state index in [1.54, 1.807) is 0 Å². The molecule has 0 saturated carbocycles. The number of hydrogen-bond donors (Lipinski definition) is 1. The molecule has 2 rings (SSSR count). The van der Waals surface area contributed by atoms with Crippen LogP contribution >= 0.6 is 0 Å². The van der Waals surface area contributed by atoms with Crippen LogP contribution in [-0.4, -0.2) is 31.6 Å². The number of nitrogens with two attached hydrogens (primary N) is 1. The Hall–Kier alpha value is -1.99. The fourth-order valence-electron chi connectivity index (χ4n) is 2.28. The van der Waals surface area contributed by atoms with Crippen LogP contribution in [0.5, 0.6) is 0 Å². The monoisotopic (exact) mass is 339 g/mol. The number of alkyl halides is 6. The van der Waals surface area contributed by atoms with Gasteiger partial charge in [0, 0.05) is 18.8 Å². The van der Waals surface area contributed by atoms with Crippen LogP contribution in [0.15, 0.2) is 18.2 Å². The molecule has 0 amide bonds. The van der Waals surface area contributed by atoms with E-state index in [2.05, 4.69) is 0 Å². The third kappa shape index (κ3) is 3.51. The third-order valence-electron chi connectivity index (χ3n) is 3.31. The van der Waals surface area contributed by atoms with Gasteiger partial charge < -0.3 is 15.4 Å². The number of anilines is 1. The van der Waals surface area contributed by atoms with Gasteiger partial charge in [0.15, 0.2) is 0 Å². The predicted octanol–water partition coefficient (Wildman–Crippen LogP) is 2.63. The van der Waals surface area contributed by atoms with E-state index in [4.69, 9.17) is 15.7 Å². The summed E-state index contributed by atoms with van der Waals surface area (Å²) in [5.74, 6) is 0. The van der Waals surface area contributed by atoms with Crippen LogP contribution in [0, 0.1) is 11.3 Å². The fraction of sp³-hybridized carbons (Fsp3) is 0.462. The minimum atomic E-state index is -4.86. The Bertz CT molecular complexity index is 622. The maximum Gasteiger partial charge on any atom is 0.433 e. The van der Waals surface area contributed by atoms with E-state index < -0.39 is 35.8 Å². The molecule has 0 unspecified atom stereocenters. The second kappa shape index (κ2) is 5.90. The summed E-state index contributed by atoms with van der Waals surface area (Å²) in [7, 11) is 0. The van der Waals surface area contributed by atoms with Gasteiger partial charge in [-0.3, -0.25) is 0 Å². The number of halogens is 6. The molecule has 1 heterocycles. The van der Waals surface area contributed by atoms with Crippen LogP contribution in [0.25, 0.3) is 0 Å². The summed E-state index contributed by atoms with van der Waals surface area (Å²) < 4.78 is 82.6. The molecule has 2 atom stereocenters. The van der Waals surface area contributed by atoms with Crippen molar-refractivity contribution in [2.24, 2.45) is 5.73 Å². The Morgan fingerprint density at radius 1 is 1.26 bits per heavy atom. The van der Waals surface area contributed by atoms with Crippen molar-refractivity contribution < 1.29 is 31.1 Å². The highest BCUT2D eigenvalue weighted by atomic mass is 19.4. The summed E-state index contributed by atoms with van der Waals surface area (Å²) in [6.45, 7) is -0.505. The van der Waals surface area contributed by atoms with E-state index in [0.717, 1.165) is 12.1 Å². The molecule has 1 aromatic carbocycles. The molecule has 126 valence electrons. The third-order valence-corrected chi connectivity index (χ3v) is 3.31. The van der Waals surface area contributed by atoms with Crippen LogP contribution in [0.3, 0.4) is 0 Å². The second-order valence-electron chi connectivity index (χ2n) is 4.88. The van der Waals surface area contributed by atoms with Gasteiger partial charge in [-0.15, -0.1) is 0 Å². The van der Waals surface area contributed by atoms with Gasteiger partial charge in [0.05, 0.1) is 23.3 Å². The van der Waals surface area contributed by atoms with E-state index in [0.29, 0.717) is 11.0 Å². The number of nitriles is 1. The van der Waals surface area contributed by atoms with E-state index in [9.17, 15) is 26.3 Å². The SMILES string of the molecule is N#Cc1ccc(N2C[C@@H](CN)O[C@@H]2C(F)(F)F)cc1C(F)(F)F. The zero-order chi connectivity index (χ0) is 17.4. The first-order chi connectivity index (χ1) is 10.6. The molecule has 4 nitrogen and oxygen atoms in total. The van der Waals surface area contributed by atoms with Crippen molar-refractivity contribution in [1.29, 1.82) is 5.26 Å². The highest BCUT2D eigenvalue weighted by Gasteiger charge is 2.50. The lowest BCUT2D eigenvalue weighted by atomic mass is 10.1. The lowest BCUT2D eigenvalue weighted by molar-refractivity contribution is -0.213. The highest BCUT2D eigenvalue weighted by Crippen LogP contribution is 2.38. The molecule has 1 saturated heterocycles. The number of rotatable bonds is 2. The van der Waals surface area contributed by atoms with Crippen molar-refractivity contribution in [3.8, 4) is 6.07 Å². The van der Waals surface area contributed by atoms with Crippen LogP contribution < -0.4 is 10.6 Å². The normalized spacial score (nSPS) is 22.3. The van der Waals surface area contributed by atoms with Crippen LogP contribution in [0.1, 0.15) is 11.1 Å².